The van der Waals surface area contributed by atoms with E-state index in [1.807, 2.05) is 0 Å². The highest BCUT2D eigenvalue weighted by molar-refractivity contribution is 6.30. The van der Waals surface area contributed by atoms with E-state index < -0.39 is 41.1 Å². The largest absolute Gasteiger partial charge is 0.496 e. The molecule has 1 N–H and O–H groups in total. The number of halogens is 5. The highest BCUT2D eigenvalue weighted by Crippen LogP contribution is 2.35. The number of hydrogen-bond donors (Lipinski definition) is 1. The Kier molecular flexibility index (Phi) is 7.18. The maximum atomic E-state index is 14.6. The average Bonchev–Trinajstić information content (AvgIpc) is 2.86. The first-order valence-electron chi connectivity index (χ1n) is 10.5. The minimum Gasteiger partial charge on any atom is -0.496 e. The summed E-state index contributed by atoms with van der Waals surface area (Å²) in [4.78, 5) is 28.8. The molecule has 0 aliphatic carbocycles. The van der Waals surface area contributed by atoms with Gasteiger partial charge in [0.05, 0.1) is 48.4 Å². The predicted octanol–water partition coefficient (Wildman–Crippen LogP) is 4.53. The van der Waals surface area contributed by atoms with Crippen LogP contribution in [0.4, 0.5) is 17.6 Å². The van der Waals surface area contributed by atoms with Gasteiger partial charge in [-0.15, -0.1) is 0 Å². The molecule has 14 heteroatoms. The van der Waals surface area contributed by atoms with Crippen LogP contribution in [0, 0.1) is 17.1 Å². The van der Waals surface area contributed by atoms with Gasteiger partial charge in [0.25, 0.3) is 11.1 Å². The molecule has 0 saturated heterocycles. The van der Waals surface area contributed by atoms with Gasteiger partial charge in [-0.1, -0.05) is 17.7 Å². The zero-order valence-electron chi connectivity index (χ0n) is 19.1. The van der Waals surface area contributed by atoms with Crippen LogP contribution in [0.25, 0.3) is 11.1 Å². The summed E-state index contributed by atoms with van der Waals surface area (Å²) in [6.07, 6.45) is -4.43. The maximum Gasteiger partial charge on any atom is 0.437 e. The number of rotatable bonds is 6. The number of nitrogens with one attached hydrogen (secondary N) is 1. The quantitative estimate of drug-likeness (QED) is 0.352. The summed E-state index contributed by atoms with van der Waals surface area (Å²) in [5, 5.41) is 15.1. The lowest BCUT2D eigenvalue weighted by molar-refractivity contribution is -0.142. The van der Waals surface area contributed by atoms with Gasteiger partial charge in [-0.05, 0) is 36.4 Å². The topological polar surface area (TPSA) is 123 Å². The second-order valence-corrected chi connectivity index (χ2v) is 8.10. The van der Waals surface area contributed by atoms with E-state index in [0.29, 0.717) is 6.33 Å². The number of nitrogens with zero attached hydrogens (tertiary/aromatic N) is 4. The fourth-order valence-electron chi connectivity index (χ4n) is 3.51. The van der Waals surface area contributed by atoms with Crippen LogP contribution >= 0.6 is 11.6 Å². The van der Waals surface area contributed by atoms with E-state index >= 15 is 0 Å². The van der Waals surface area contributed by atoms with Gasteiger partial charge in [0.2, 0.25) is 5.75 Å². The van der Waals surface area contributed by atoms with Gasteiger partial charge in [-0.2, -0.15) is 23.5 Å². The Morgan fingerprint density at radius 3 is 2.63 bits per heavy atom. The molecular weight excluding hydrogens is 534 g/mol. The Labute approximate surface area is 215 Å². The molecule has 194 valence electrons. The van der Waals surface area contributed by atoms with Gasteiger partial charge in [0.1, 0.15) is 17.3 Å². The van der Waals surface area contributed by atoms with Crippen molar-refractivity contribution in [1.29, 1.82) is 5.26 Å². The monoisotopic (exact) mass is 547 g/mol. The molecule has 38 heavy (non-hydrogen) atoms. The van der Waals surface area contributed by atoms with Crippen molar-refractivity contribution in [2.24, 2.45) is 0 Å². The number of benzene rings is 2. The summed E-state index contributed by atoms with van der Waals surface area (Å²) < 4.78 is 66.6. The van der Waals surface area contributed by atoms with Gasteiger partial charge < -0.3 is 9.47 Å². The van der Waals surface area contributed by atoms with Crippen LogP contribution < -0.4 is 20.6 Å². The average molecular weight is 548 g/mol. The molecule has 4 aromatic rings. The van der Waals surface area contributed by atoms with Crippen molar-refractivity contribution >= 4 is 11.6 Å². The summed E-state index contributed by atoms with van der Waals surface area (Å²) >= 11 is 5.89. The van der Waals surface area contributed by atoms with E-state index in [4.69, 9.17) is 26.3 Å². The number of ether oxygens (including phenoxy) is 2. The molecule has 2 aromatic heterocycles. The Morgan fingerprint density at radius 1 is 1.18 bits per heavy atom. The van der Waals surface area contributed by atoms with Gasteiger partial charge in [-0.25, -0.2) is 14.5 Å². The highest BCUT2D eigenvalue weighted by Gasteiger charge is 2.39. The van der Waals surface area contributed by atoms with E-state index in [1.54, 1.807) is 6.07 Å². The lowest BCUT2D eigenvalue weighted by atomic mass is 10.1. The molecule has 0 amide bonds. The van der Waals surface area contributed by atoms with Crippen LogP contribution in [-0.2, 0) is 12.7 Å². The predicted molar refractivity (Wildman–Crippen MR) is 126 cm³/mol. The first-order valence-corrected chi connectivity index (χ1v) is 10.9. The summed E-state index contributed by atoms with van der Waals surface area (Å²) in [5.74, 6) is -2.19. The number of H-pyrrole nitrogens is 1. The third-order valence-electron chi connectivity index (χ3n) is 5.14. The fourth-order valence-corrected chi connectivity index (χ4v) is 3.73. The normalized spacial score (nSPS) is 11.2. The molecule has 2 aromatic carbocycles. The van der Waals surface area contributed by atoms with Crippen LogP contribution in [0.15, 0.2) is 58.4 Å². The molecule has 0 saturated carbocycles. The van der Waals surface area contributed by atoms with Crippen molar-refractivity contribution in [3.8, 4) is 34.4 Å². The summed E-state index contributed by atoms with van der Waals surface area (Å²) in [5.41, 5.74) is -4.01. The van der Waals surface area contributed by atoms with E-state index in [-0.39, 0.29) is 38.9 Å². The van der Waals surface area contributed by atoms with E-state index in [9.17, 15) is 27.2 Å². The Hall–Kier alpha value is -4.70. The lowest BCUT2D eigenvalue weighted by Crippen LogP contribution is -2.27. The standard InChI is InChI=1S/C24H14ClF4N5O4/c1-37-18-4-2-3-17(26)19(18)16-8-14(32-33-22(16)35)10-34-11-31-21(24(27,28)29)20(23(34)36)38-15-6-12(9-30)5-13(25)7-15/h2-8,11H,10H2,1H3,(H,33,35). The Balaban J connectivity index is 1.80. The van der Waals surface area contributed by atoms with Gasteiger partial charge in [-0.3, -0.25) is 14.2 Å². The number of methoxy groups -OCH3 is 1. The van der Waals surface area contributed by atoms with Gasteiger partial charge >= 0.3 is 6.18 Å². The number of alkyl halides is 3. The molecule has 0 unspecified atom stereocenters. The first-order chi connectivity index (χ1) is 18.0. The number of aromatic nitrogens is 4. The number of nitriles is 1. The van der Waals surface area contributed by atoms with Gasteiger partial charge in [0.15, 0.2) is 5.69 Å². The fraction of sp³-hybridized carbons (Fsp3) is 0.125. The minimum atomic E-state index is -5.06. The summed E-state index contributed by atoms with van der Waals surface area (Å²) in [7, 11) is 1.28. The van der Waals surface area contributed by atoms with E-state index in [2.05, 4.69) is 15.2 Å². The van der Waals surface area contributed by atoms with Crippen molar-refractivity contribution < 1.29 is 27.0 Å². The molecule has 0 aliphatic rings. The zero-order chi connectivity index (χ0) is 27.6. The summed E-state index contributed by atoms with van der Waals surface area (Å²) in [6.45, 7) is -0.472. The smallest absolute Gasteiger partial charge is 0.437 e. The molecule has 0 radical (unpaired) electrons. The second-order valence-electron chi connectivity index (χ2n) is 7.66. The lowest BCUT2D eigenvalue weighted by Gasteiger charge is -2.15. The minimum absolute atomic E-state index is 0.00892. The Morgan fingerprint density at radius 2 is 1.95 bits per heavy atom. The van der Waals surface area contributed by atoms with Crippen molar-refractivity contribution in [2.75, 3.05) is 7.11 Å². The maximum absolute atomic E-state index is 14.6. The molecule has 0 bridgehead atoms. The molecule has 2 heterocycles. The molecule has 0 fully saturated rings. The number of aromatic amines is 1. The zero-order valence-corrected chi connectivity index (χ0v) is 19.9. The third kappa shape index (κ3) is 5.35. The SMILES string of the molecule is COc1cccc(F)c1-c1cc(Cn2cnc(C(F)(F)F)c(Oc3cc(Cl)cc(C#N)c3)c2=O)n[nH]c1=O. The number of hydrogen-bond acceptors (Lipinski definition) is 7. The highest BCUT2D eigenvalue weighted by atomic mass is 35.5. The van der Waals surface area contributed by atoms with Crippen LogP contribution in [-0.4, -0.2) is 26.9 Å². The van der Waals surface area contributed by atoms with Crippen molar-refractivity contribution in [3.63, 3.8) is 0 Å². The van der Waals surface area contributed by atoms with Crippen LogP contribution in [0.2, 0.25) is 5.02 Å². The van der Waals surface area contributed by atoms with Crippen LogP contribution in [0.1, 0.15) is 17.0 Å². The van der Waals surface area contributed by atoms with E-state index in [0.717, 1.165) is 22.8 Å². The third-order valence-corrected chi connectivity index (χ3v) is 5.36. The van der Waals surface area contributed by atoms with Crippen molar-refractivity contribution in [3.05, 3.63) is 97.3 Å². The molecular formula is C24H14ClF4N5O4. The second kappa shape index (κ2) is 10.3. The molecule has 0 spiro atoms. The molecule has 0 atom stereocenters. The van der Waals surface area contributed by atoms with Crippen LogP contribution in [0.3, 0.4) is 0 Å². The van der Waals surface area contributed by atoms with Crippen molar-refractivity contribution in [2.45, 2.75) is 12.7 Å². The van der Waals surface area contributed by atoms with Crippen molar-refractivity contribution in [1.82, 2.24) is 19.7 Å². The van der Waals surface area contributed by atoms with Crippen LogP contribution in [0.5, 0.6) is 17.2 Å². The molecule has 4 rings (SSSR count). The van der Waals surface area contributed by atoms with E-state index in [1.165, 1.54) is 31.4 Å². The molecule has 0 aliphatic heterocycles. The molecule has 9 nitrogen and oxygen atoms in total. The van der Waals surface area contributed by atoms with Gasteiger partial charge in [0, 0.05) is 5.02 Å². The summed E-state index contributed by atoms with van der Waals surface area (Å²) in [6, 6.07) is 10.3. The first kappa shape index (κ1) is 26.4. The Bertz CT molecular complexity index is 1700.